The average molecular weight is 421 g/mol. The predicted molar refractivity (Wildman–Crippen MR) is 116 cm³/mol. The van der Waals surface area contributed by atoms with Gasteiger partial charge in [0.05, 0.1) is 19.2 Å². The Morgan fingerprint density at radius 3 is 2.43 bits per heavy atom. The van der Waals surface area contributed by atoms with Crippen LogP contribution in [0, 0.1) is 0 Å². The molecule has 4 rings (SSSR count). The number of hydrogen-bond acceptors (Lipinski definition) is 5. The summed E-state index contributed by atoms with van der Waals surface area (Å²) in [5, 5.41) is 4.64. The molecule has 0 atom stereocenters. The molecule has 4 aromatic rings. The van der Waals surface area contributed by atoms with E-state index in [0.29, 0.717) is 22.3 Å². The molecule has 0 radical (unpaired) electrons. The standard InChI is InChI=1S/C22H19N3O4S/c1-29-17-8-4-14(5-9-17)12-23-20(26)16-6-2-15(3-7-16)13-25-21(27)19-18(10-11-30-19)24-22(25)28/h2-11H,12-13H2,1H3,(H,23,26)(H,24,28). The zero-order chi connectivity index (χ0) is 21.1. The molecule has 0 saturated heterocycles. The lowest BCUT2D eigenvalue weighted by Crippen LogP contribution is -2.34. The number of thiophene rings is 1. The van der Waals surface area contributed by atoms with Crippen molar-refractivity contribution in [2.75, 3.05) is 7.11 Å². The zero-order valence-corrected chi connectivity index (χ0v) is 17.0. The Hall–Kier alpha value is -3.65. The number of nitrogens with one attached hydrogen (secondary N) is 2. The number of aromatic nitrogens is 2. The first-order chi connectivity index (χ1) is 14.5. The van der Waals surface area contributed by atoms with Gasteiger partial charge in [-0.15, -0.1) is 11.3 Å². The van der Waals surface area contributed by atoms with E-state index in [1.807, 2.05) is 24.3 Å². The molecule has 0 fully saturated rings. The second kappa shape index (κ2) is 8.38. The fourth-order valence-electron chi connectivity index (χ4n) is 3.09. The molecule has 0 aliphatic rings. The van der Waals surface area contributed by atoms with Crippen molar-refractivity contribution in [3.8, 4) is 5.75 Å². The Bertz CT molecular complexity index is 1300. The Balaban J connectivity index is 1.44. The summed E-state index contributed by atoms with van der Waals surface area (Å²) in [4.78, 5) is 39.9. The smallest absolute Gasteiger partial charge is 0.329 e. The van der Waals surface area contributed by atoms with Crippen LogP contribution in [0.3, 0.4) is 0 Å². The summed E-state index contributed by atoms with van der Waals surface area (Å²) in [6.07, 6.45) is 0. The normalized spacial score (nSPS) is 10.8. The number of aromatic amines is 1. The quantitative estimate of drug-likeness (QED) is 0.501. The van der Waals surface area contributed by atoms with Crippen LogP contribution in [0.15, 0.2) is 69.6 Å². The van der Waals surface area contributed by atoms with E-state index in [-0.39, 0.29) is 18.0 Å². The molecule has 152 valence electrons. The Morgan fingerprint density at radius 2 is 1.73 bits per heavy atom. The number of carbonyl (C=O) groups excluding carboxylic acids is 1. The van der Waals surface area contributed by atoms with Crippen LogP contribution in [-0.2, 0) is 13.1 Å². The van der Waals surface area contributed by atoms with Crippen molar-refractivity contribution in [3.63, 3.8) is 0 Å². The lowest BCUT2D eigenvalue weighted by atomic mass is 10.1. The molecule has 30 heavy (non-hydrogen) atoms. The van der Waals surface area contributed by atoms with E-state index >= 15 is 0 Å². The van der Waals surface area contributed by atoms with E-state index < -0.39 is 5.69 Å². The molecule has 0 spiro atoms. The Kier molecular flexibility index (Phi) is 5.49. The van der Waals surface area contributed by atoms with Gasteiger partial charge in [0.15, 0.2) is 0 Å². The number of rotatable bonds is 6. The van der Waals surface area contributed by atoms with Gasteiger partial charge in [-0.3, -0.25) is 14.2 Å². The van der Waals surface area contributed by atoms with Gasteiger partial charge in [-0.1, -0.05) is 24.3 Å². The second-order valence-corrected chi connectivity index (χ2v) is 7.63. The highest BCUT2D eigenvalue weighted by molar-refractivity contribution is 7.17. The van der Waals surface area contributed by atoms with Crippen LogP contribution in [-0.4, -0.2) is 22.6 Å². The lowest BCUT2D eigenvalue weighted by molar-refractivity contribution is 0.0951. The maximum atomic E-state index is 12.5. The van der Waals surface area contributed by atoms with Crippen LogP contribution >= 0.6 is 11.3 Å². The average Bonchev–Trinajstić information content (AvgIpc) is 3.24. The maximum Gasteiger partial charge on any atom is 0.329 e. The van der Waals surface area contributed by atoms with Crippen molar-refractivity contribution < 1.29 is 9.53 Å². The van der Waals surface area contributed by atoms with Gasteiger partial charge in [-0.05, 0) is 46.8 Å². The first-order valence-electron chi connectivity index (χ1n) is 9.25. The van der Waals surface area contributed by atoms with Crippen LogP contribution in [0.1, 0.15) is 21.5 Å². The fourth-order valence-corrected chi connectivity index (χ4v) is 3.88. The van der Waals surface area contributed by atoms with Crippen molar-refractivity contribution in [1.82, 2.24) is 14.9 Å². The molecule has 0 aliphatic heterocycles. The molecule has 2 N–H and O–H groups in total. The number of amides is 1. The third-order valence-corrected chi connectivity index (χ3v) is 5.66. The van der Waals surface area contributed by atoms with Gasteiger partial charge in [0.2, 0.25) is 0 Å². The van der Waals surface area contributed by atoms with Gasteiger partial charge in [0.1, 0.15) is 10.4 Å². The Morgan fingerprint density at radius 1 is 1.03 bits per heavy atom. The SMILES string of the molecule is COc1ccc(CNC(=O)c2ccc(Cn3c(=O)[nH]c4ccsc4c3=O)cc2)cc1. The summed E-state index contributed by atoms with van der Waals surface area (Å²) in [7, 11) is 1.60. The van der Waals surface area contributed by atoms with Crippen LogP contribution < -0.4 is 21.3 Å². The molecule has 1 amide bonds. The van der Waals surface area contributed by atoms with Gasteiger partial charge in [-0.2, -0.15) is 0 Å². The molecule has 0 unspecified atom stereocenters. The third-order valence-electron chi connectivity index (χ3n) is 4.76. The summed E-state index contributed by atoms with van der Waals surface area (Å²) in [6, 6.07) is 16.0. The molecular formula is C22H19N3O4S. The fraction of sp³-hybridized carbons (Fsp3) is 0.136. The van der Waals surface area contributed by atoms with Crippen molar-refractivity contribution in [3.05, 3.63) is 97.5 Å². The number of ether oxygens (including phenoxy) is 1. The number of carbonyl (C=O) groups is 1. The van der Waals surface area contributed by atoms with Gasteiger partial charge in [-0.25, -0.2) is 4.79 Å². The number of H-pyrrole nitrogens is 1. The molecule has 8 heteroatoms. The molecule has 0 bridgehead atoms. The molecule has 0 aliphatic carbocycles. The number of nitrogens with zero attached hydrogens (tertiary/aromatic N) is 1. The van der Waals surface area contributed by atoms with E-state index in [1.54, 1.807) is 42.8 Å². The molecule has 7 nitrogen and oxygen atoms in total. The first kappa shape index (κ1) is 19.7. The highest BCUT2D eigenvalue weighted by Crippen LogP contribution is 2.13. The largest absolute Gasteiger partial charge is 0.497 e. The van der Waals surface area contributed by atoms with Crippen molar-refractivity contribution in [2.24, 2.45) is 0 Å². The molecule has 2 aromatic heterocycles. The van der Waals surface area contributed by atoms with Gasteiger partial charge < -0.3 is 15.0 Å². The predicted octanol–water partition coefficient (Wildman–Crippen LogP) is 2.74. The number of methoxy groups -OCH3 is 1. The van der Waals surface area contributed by atoms with E-state index in [0.717, 1.165) is 21.4 Å². The van der Waals surface area contributed by atoms with E-state index in [9.17, 15) is 14.4 Å². The molecule has 2 heterocycles. The first-order valence-corrected chi connectivity index (χ1v) is 10.1. The minimum atomic E-state index is -0.452. The van der Waals surface area contributed by atoms with Gasteiger partial charge >= 0.3 is 5.69 Å². The molecular weight excluding hydrogens is 402 g/mol. The van der Waals surface area contributed by atoms with E-state index in [4.69, 9.17) is 4.74 Å². The summed E-state index contributed by atoms with van der Waals surface area (Å²) >= 11 is 1.30. The number of fused-ring (bicyclic) bond motifs is 1. The Labute approximate surface area is 175 Å². The third kappa shape index (κ3) is 4.04. The number of hydrogen-bond donors (Lipinski definition) is 2. The summed E-state index contributed by atoms with van der Waals surface area (Å²) < 4.78 is 6.80. The second-order valence-electron chi connectivity index (χ2n) is 6.71. The summed E-state index contributed by atoms with van der Waals surface area (Å²) in [5.41, 5.74) is 2.00. The van der Waals surface area contributed by atoms with Crippen molar-refractivity contribution in [1.29, 1.82) is 0 Å². The zero-order valence-electron chi connectivity index (χ0n) is 16.2. The summed E-state index contributed by atoms with van der Waals surface area (Å²) in [6.45, 7) is 0.534. The van der Waals surface area contributed by atoms with Crippen LogP contribution in [0.5, 0.6) is 5.75 Å². The topological polar surface area (TPSA) is 93.2 Å². The van der Waals surface area contributed by atoms with Crippen molar-refractivity contribution in [2.45, 2.75) is 13.1 Å². The summed E-state index contributed by atoms with van der Waals surface area (Å²) in [5.74, 6) is 0.559. The van der Waals surface area contributed by atoms with Crippen LogP contribution in [0.4, 0.5) is 0 Å². The minimum absolute atomic E-state index is 0.135. The number of benzene rings is 2. The monoisotopic (exact) mass is 421 g/mol. The van der Waals surface area contributed by atoms with Crippen LogP contribution in [0.25, 0.3) is 10.2 Å². The van der Waals surface area contributed by atoms with Crippen LogP contribution in [0.2, 0.25) is 0 Å². The van der Waals surface area contributed by atoms with Crippen molar-refractivity contribution >= 4 is 27.5 Å². The highest BCUT2D eigenvalue weighted by Gasteiger charge is 2.10. The molecule has 0 saturated carbocycles. The van der Waals surface area contributed by atoms with E-state index in [2.05, 4.69) is 10.3 Å². The highest BCUT2D eigenvalue weighted by atomic mass is 32.1. The van der Waals surface area contributed by atoms with Gasteiger partial charge in [0.25, 0.3) is 11.5 Å². The van der Waals surface area contributed by atoms with E-state index in [1.165, 1.54) is 11.3 Å². The minimum Gasteiger partial charge on any atom is -0.497 e. The maximum absolute atomic E-state index is 12.5. The van der Waals surface area contributed by atoms with Gasteiger partial charge in [0, 0.05) is 12.1 Å². The molecule has 2 aromatic carbocycles. The lowest BCUT2D eigenvalue weighted by Gasteiger charge is -2.08.